The van der Waals surface area contributed by atoms with Gasteiger partial charge in [0.15, 0.2) is 0 Å². The number of amides is 3. The van der Waals surface area contributed by atoms with Crippen molar-refractivity contribution < 1.29 is 23.9 Å². The molecule has 0 saturated carbocycles. The van der Waals surface area contributed by atoms with E-state index in [2.05, 4.69) is 32.8 Å². The lowest BCUT2D eigenvalue weighted by Gasteiger charge is -2.29. The standard InChI is InChI=1S/C32H37N7O5/c1-43-29-19-23(10-11-26(29)33)27-21-38(37-36-27)16-6-18-44-17-5-15-34-14-3-2-7-22-8-4-9-24-25(22)20-39(32(24)42)28-12-13-30(40)35-31(28)41/h4,8-11,19,21,28,34H,3,5-6,12-18,20,33H2,1H3,(H,35,40,41). The predicted molar refractivity (Wildman–Crippen MR) is 163 cm³/mol. The molecule has 0 spiro atoms. The SMILES string of the molecule is COc1cc(-c2cn(CCCOCCCNCCC#Cc3cccc4c3CN(C3CCC(=O)NC3=O)C4=O)nn2)ccc1N. The van der Waals surface area contributed by atoms with Crippen LogP contribution in [0.1, 0.15) is 53.6 Å². The van der Waals surface area contributed by atoms with Gasteiger partial charge in [-0.15, -0.1) is 5.10 Å². The second-order valence-electron chi connectivity index (χ2n) is 10.7. The fraction of sp³-hybridized carbons (Fsp3) is 0.406. The average Bonchev–Trinajstić information content (AvgIpc) is 3.63. The Bertz CT molecular complexity index is 1570. The third kappa shape index (κ3) is 7.42. The first kappa shape index (κ1) is 30.7. The lowest BCUT2D eigenvalue weighted by atomic mass is 10.0. The highest BCUT2D eigenvalue weighted by Crippen LogP contribution is 2.30. The van der Waals surface area contributed by atoms with Crippen molar-refractivity contribution in [3.05, 3.63) is 59.3 Å². The zero-order chi connectivity index (χ0) is 30.9. The van der Waals surface area contributed by atoms with Gasteiger partial charge in [-0.2, -0.15) is 0 Å². The molecule has 44 heavy (non-hydrogen) atoms. The van der Waals surface area contributed by atoms with E-state index in [1.165, 1.54) is 0 Å². The number of nitrogen functional groups attached to an aromatic ring is 1. The number of rotatable bonds is 13. The molecule has 12 nitrogen and oxygen atoms in total. The lowest BCUT2D eigenvalue weighted by molar-refractivity contribution is -0.136. The Morgan fingerprint density at radius 3 is 2.84 bits per heavy atom. The number of hydrogen-bond acceptors (Lipinski definition) is 9. The average molecular weight is 600 g/mol. The van der Waals surface area contributed by atoms with Crippen molar-refractivity contribution in [3.8, 4) is 28.8 Å². The van der Waals surface area contributed by atoms with E-state index in [1.54, 1.807) is 28.8 Å². The Kier molecular flexibility index (Phi) is 10.2. The van der Waals surface area contributed by atoms with Gasteiger partial charge in [0.05, 0.1) is 19.0 Å². The zero-order valence-electron chi connectivity index (χ0n) is 24.8. The zero-order valence-corrected chi connectivity index (χ0v) is 24.8. The second kappa shape index (κ2) is 14.6. The molecule has 1 fully saturated rings. The monoisotopic (exact) mass is 599 g/mol. The summed E-state index contributed by atoms with van der Waals surface area (Å²) in [4.78, 5) is 38.3. The largest absolute Gasteiger partial charge is 0.495 e. The molecule has 1 atom stereocenters. The summed E-state index contributed by atoms with van der Waals surface area (Å²) in [5.74, 6) is 6.10. The Labute approximate surface area is 256 Å². The van der Waals surface area contributed by atoms with E-state index in [-0.39, 0.29) is 18.2 Å². The molecule has 1 unspecified atom stereocenters. The molecule has 0 aliphatic carbocycles. The molecule has 2 aliphatic rings. The Balaban J connectivity index is 0.951. The summed E-state index contributed by atoms with van der Waals surface area (Å²) in [5.41, 5.74) is 10.3. The highest BCUT2D eigenvalue weighted by Gasteiger charge is 2.39. The molecule has 0 bridgehead atoms. The van der Waals surface area contributed by atoms with Crippen LogP contribution >= 0.6 is 0 Å². The maximum Gasteiger partial charge on any atom is 0.255 e. The van der Waals surface area contributed by atoms with Gasteiger partial charge in [-0.25, -0.2) is 0 Å². The van der Waals surface area contributed by atoms with Crippen molar-refractivity contribution in [2.45, 2.75) is 51.2 Å². The number of methoxy groups -OCH3 is 1. The number of fused-ring (bicyclic) bond motifs is 1. The van der Waals surface area contributed by atoms with Gasteiger partial charge >= 0.3 is 0 Å². The van der Waals surface area contributed by atoms with Crippen molar-refractivity contribution in [1.29, 1.82) is 0 Å². The van der Waals surface area contributed by atoms with E-state index in [9.17, 15) is 14.4 Å². The summed E-state index contributed by atoms with van der Waals surface area (Å²) < 4.78 is 12.8. The van der Waals surface area contributed by atoms with Crippen LogP contribution in [-0.2, 0) is 27.4 Å². The minimum absolute atomic E-state index is 0.190. The number of carbonyl (C=O) groups is 3. The van der Waals surface area contributed by atoms with E-state index in [0.717, 1.165) is 48.3 Å². The van der Waals surface area contributed by atoms with Gasteiger partial charge in [0.25, 0.3) is 5.91 Å². The summed E-state index contributed by atoms with van der Waals surface area (Å²) in [6, 6.07) is 10.4. The fourth-order valence-electron chi connectivity index (χ4n) is 5.28. The molecular weight excluding hydrogens is 562 g/mol. The number of anilines is 1. The number of piperidine rings is 1. The summed E-state index contributed by atoms with van der Waals surface area (Å²) in [5, 5.41) is 14.2. The maximum atomic E-state index is 13.0. The molecule has 1 aromatic heterocycles. The van der Waals surface area contributed by atoms with Gasteiger partial charge in [0.1, 0.15) is 17.5 Å². The van der Waals surface area contributed by atoms with Crippen LogP contribution in [0.15, 0.2) is 42.6 Å². The normalized spacial score (nSPS) is 16.0. The number of nitrogens with two attached hydrogens (primary N) is 1. The number of benzene rings is 2. The highest BCUT2D eigenvalue weighted by atomic mass is 16.5. The smallest absolute Gasteiger partial charge is 0.255 e. The third-order valence-electron chi connectivity index (χ3n) is 7.62. The minimum atomic E-state index is -0.630. The van der Waals surface area contributed by atoms with Crippen LogP contribution in [0.5, 0.6) is 5.75 Å². The van der Waals surface area contributed by atoms with Crippen LogP contribution in [0.4, 0.5) is 5.69 Å². The molecule has 4 N–H and O–H groups in total. The van der Waals surface area contributed by atoms with Crippen LogP contribution in [-0.4, -0.2) is 77.1 Å². The summed E-state index contributed by atoms with van der Waals surface area (Å²) in [7, 11) is 1.59. The molecule has 2 aromatic carbocycles. The first-order valence-electron chi connectivity index (χ1n) is 14.8. The number of aryl methyl sites for hydroxylation is 1. The molecule has 0 radical (unpaired) electrons. The van der Waals surface area contributed by atoms with Crippen LogP contribution in [0.25, 0.3) is 11.3 Å². The Hall–Kier alpha value is -4.73. The molecule has 3 aromatic rings. The lowest BCUT2D eigenvalue weighted by Crippen LogP contribution is -2.52. The molecule has 1 saturated heterocycles. The highest BCUT2D eigenvalue weighted by molar-refractivity contribution is 6.05. The molecule has 3 amide bonds. The van der Waals surface area contributed by atoms with Crippen molar-refractivity contribution in [2.24, 2.45) is 0 Å². The van der Waals surface area contributed by atoms with Crippen LogP contribution in [0, 0.1) is 11.8 Å². The number of nitrogens with one attached hydrogen (secondary N) is 2. The van der Waals surface area contributed by atoms with Gasteiger partial charge in [0.2, 0.25) is 11.8 Å². The van der Waals surface area contributed by atoms with Gasteiger partial charge in [-0.05, 0) is 55.6 Å². The summed E-state index contributed by atoms with van der Waals surface area (Å²) in [6.07, 6.45) is 4.86. The maximum absolute atomic E-state index is 13.0. The summed E-state index contributed by atoms with van der Waals surface area (Å²) >= 11 is 0. The second-order valence-corrected chi connectivity index (χ2v) is 10.7. The predicted octanol–water partition coefficient (Wildman–Crippen LogP) is 2.13. The van der Waals surface area contributed by atoms with Gasteiger partial charge in [0, 0.05) is 62.4 Å². The fourth-order valence-corrected chi connectivity index (χ4v) is 5.28. The quantitative estimate of drug-likeness (QED) is 0.116. The van der Waals surface area contributed by atoms with Crippen molar-refractivity contribution in [2.75, 3.05) is 39.1 Å². The minimum Gasteiger partial charge on any atom is -0.495 e. The Morgan fingerprint density at radius 2 is 2.00 bits per heavy atom. The molecular formula is C32H37N7O5. The van der Waals surface area contributed by atoms with E-state index < -0.39 is 11.9 Å². The van der Waals surface area contributed by atoms with Crippen LogP contribution in [0.2, 0.25) is 0 Å². The number of ether oxygens (including phenoxy) is 2. The first-order valence-corrected chi connectivity index (χ1v) is 14.8. The van der Waals surface area contributed by atoms with E-state index >= 15 is 0 Å². The molecule has 5 rings (SSSR count). The van der Waals surface area contributed by atoms with Crippen LogP contribution in [0.3, 0.4) is 0 Å². The summed E-state index contributed by atoms with van der Waals surface area (Å²) in [6.45, 7) is 3.92. The molecule has 3 heterocycles. The van der Waals surface area contributed by atoms with Crippen molar-refractivity contribution in [1.82, 2.24) is 30.5 Å². The van der Waals surface area contributed by atoms with Gasteiger partial charge in [-0.3, -0.25) is 24.4 Å². The number of carbonyl (C=O) groups excluding carboxylic acids is 3. The number of aromatic nitrogens is 3. The molecule has 230 valence electrons. The Morgan fingerprint density at radius 1 is 1.14 bits per heavy atom. The van der Waals surface area contributed by atoms with E-state index in [0.29, 0.717) is 56.1 Å². The van der Waals surface area contributed by atoms with Crippen molar-refractivity contribution >= 4 is 23.4 Å². The number of hydrogen-bond donors (Lipinski definition) is 3. The third-order valence-corrected chi connectivity index (χ3v) is 7.62. The van der Waals surface area contributed by atoms with Crippen LogP contribution < -0.4 is 21.1 Å². The molecule has 12 heteroatoms. The van der Waals surface area contributed by atoms with Gasteiger partial charge in [-0.1, -0.05) is 29.2 Å². The molecule has 2 aliphatic heterocycles. The number of imide groups is 1. The number of nitrogens with zero attached hydrogens (tertiary/aromatic N) is 4. The first-order chi connectivity index (χ1) is 21.4. The van der Waals surface area contributed by atoms with Crippen molar-refractivity contribution in [3.63, 3.8) is 0 Å². The topological polar surface area (TPSA) is 154 Å². The van der Waals surface area contributed by atoms with Gasteiger partial charge < -0.3 is 25.4 Å². The van der Waals surface area contributed by atoms with E-state index in [1.807, 2.05) is 30.5 Å². The van der Waals surface area contributed by atoms with E-state index in [4.69, 9.17) is 15.2 Å².